The van der Waals surface area contributed by atoms with Crippen LogP contribution in [0.5, 0.6) is 0 Å². The number of hydrogen-bond donors (Lipinski definition) is 0. The molecule has 0 amide bonds. The topological polar surface area (TPSA) is 80.4 Å². The maximum absolute atomic E-state index is 10.3. The van der Waals surface area contributed by atoms with Crippen LogP contribution in [0.4, 0.5) is 0 Å². The third-order valence-corrected chi connectivity index (χ3v) is 1.76. The molecule has 0 aliphatic carbocycles. The highest BCUT2D eigenvalue weighted by atomic mass is 16.7. The molecule has 1 unspecified atom stereocenters. The van der Waals surface area contributed by atoms with Gasteiger partial charge in [0.05, 0.1) is 14.2 Å². The van der Waals surface area contributed by atoms with Crippen molar-refractivity contribution in [3.63, 3.8) is 0 Å². The molecule has 1 aliphatic heterocycles. The Morgan fingerprint density at radius 1 is 1.64 bits per heavy atom. The molecule has 0 bridgehead atoms. The van der Waals surface area contributed by atoms with E-state index in [-0.39, 0.29) is 13.2 Å². The van der Waals surface area contributed by atoms with Crippen LogP contribution in [-0.2, 0) is 9.68 Å². The van der Waals surface area contributed by atoms with Crippen LogP contribution in [0.3, 0.4) is 0 Å². The van der Waals surface area contributed by atoms with Crippen LogP contribution in [0.25, 0.3) is 0 Å². The molecule has 0 fully saturated rings. The number of nitrogens with zero attached hydrogens (tertiary/aromatic N) is 4. The second-order valence-corrected chi connectivity index (χ2v) is 2.60. The smallest absolute Gasteiger partial charge is 0.241 e. The van der Waals surface area contributed by atoms with Gasteiger partial charge in [0.1, 0.15) is 13.0 Å². The van der Waals surface area contributed by atoms with E-state index in [0.29, 0.717) is 0 Å². The van der Waals surface area contributed by atoms with Crippen molar-refractivity contribution in [1.29, 1.82) is 0 Å². The number of hydroxylamine groups is 4. The predicted molar refractivity (Wildman–Crippen MR) is 46.7 cm³/mol. The molecule has 0 spiro atoms. The van der Waals surface area contributed by atoms with Crippen LogP contribution in [0.2, 0.25) is 0 Å². The second-order valence-electron chi connectivity index (χ2n) is 2.60. The number of aliphatic imine (C=N–C) groups is 1. The molecule has 1 aliphatic rings. The Hall–Kier alpha value is -1.25. The van der Waals surface area contributed by atoms with Crippen LogP contribution in [0.15, 0.2) is 4.99 Å². The van der Waals surface area contributed by atoms with E-state index < -0.39 is 11.1 Å². The predicted octanol–water partition coefficient (Wildman–Crippen LogP) is -0.685. The molecule has 0 saturated heterocycles. The van der Waals surface area contributed by atoms with Crippen molar-refractivity contribution in [2.45, 2.75) is 6.17 Å². The zero-order chi connectivity index (χ0) is 10.6. The molecule has 14 heavy (non-hydrogen) atoms. The molecule has 0 radical (unpaired) electrons. The van der Waals surface area contributed by atoms with Gasteiger partial charge in [-0.2, -0.15) is 0 Å². The molecule has 1 atom stereocenters. The molecule has 0 saturated carbocycles. The molecular formula is C6H12N4O4. The normalized spacial score (nSPS) is 22.7. The Labute approximate surface area is 80.8 Å². The Balaban J connectivity index is 2.60. The molecule has 0 aromatic heterocycles. The van der Waals surface area contributed by atoms with Gasteiger partial charge in [-0.25, -0.2) is 10.1 Å². The molecule has 8 nitrogen and oxygen atoms in total. The summed E-state index contributed by atoms with van der Waals surface area (Å²) in [4.78, 5) is 23.6. The lowest BCUT2D eigenvalue weighted by Crippen LogP contribution is -2.48. The van der Waals surface area contributed by atoms with Crippen molar-refractivity contribution in [3.05, 3.63) is 10.1 Å². The highest BCUT2D eigenvalue weighted by Gasteiger charge is 2.27. The SMILES string of the molecule is CON1C=NC(C[N+](=O)[O-])N(OC)C1. The van der Waals surface area contributed by atoms with Crippen molar-refractivity contribution in [2.24, 2.45) is 4.99 Å². The van der Waals surface area contributed by atoms with E-state index in [1.54, 1.807) is 0 Å². The maximum Gasteiger partial charge on any atom is 0.241 e. The molecule has 0 N–H and O–H groups in total. The summed E-state index contributed by atoms with van der Waals surface area (Å²) in [6, 6.07) is 0. The van der Waals surface area contributed by atoms with Crippen molar-refractivity contribution < 1.29 is 14.6 Å². The van der Waals surface area contributed by atoms with Crippen LogP contribution in [-0.4, -0.2) is 55.0 Å². The van der Waals surface area contributed by atoms with Gasteiger partial charge in [-0.1, -0.05) is 0 Å². The van der Waals surface area contributed by atoms with Crippen LogP contribution >= 0.6 is 0 Å². The Morgan fingerprint density at radius 2 is 2.36 bits per heavy atom. The van der Waals surface area contributed by atoms with Gasteiger partial charge in [-0.3, -0.25) is 19.8 Å². The summed E-state index contributed by atoms with van der Waals surface area (Å²) >= 11 is 0. The highest BCUT2D eigenvalue weighted by molar-refractivity contribution is 5.54. The number of rotatable bonds is 4. The zero-order valence-electron chi connectivity index (χ0n) is 7.99. The zero-order valence-corrected chi connectivity index (χ0v) is 7.99. The van der Waals surface area contributed by atoms with Crippen molar-refractivity contribution in [1.82, 2.24) is 10.1 Å². The first-order chi connectivity index (χ1) is 6.67. The van der Waals surface area contributed by atoms with Gasteiger partial charge in [-0.15, -0.1) is 5.06 Å². The van der Waals surface area contributed by atoms with Crippen molar-refractivity contribution >= 4 is 6.34 Å². The molecule has 80 valence electrons. The molecular weight excluding hydrogens is 192 g/mol. The van der Waals surface area contributed by atoms with Gasteiger partial charge in [0.25, 0.3) is 0 Å². The van der Waals surface area contributed by atoms with Gasteiger partial charge in [-0.05, 0) is 0 Å². The second kappa shape index (κ2) is 4.84. The lowest BCUT2D eigenvalue weighted by molar-refractivity contribution is -0.493. The van der Waals surface area contributed by atoms with E-state index in [2.05, 4.69) is 4.99 Å². The summed E-state index contributed by atoms with van der Waals surface area (Å²) in [7, 11) is 2.91. The molecule has 8 heteroatoms. The first-order valence-electron chi connectivity index (χ1n) is 3.94. The van der Waals surface area contributed by atoms with E-state index in [1.807, 2.05) is 0 Å². The van der Waals surface area contributed by atoms with E-state index >= 15 is 0 Å². The quantitative estimate of drug-likeness (QED) is 0.445. The first kappa shape index (κ1) is 10.8. The Morgan fingerprint density at radius 3 is 2.86 bits per heavy atom. The largest absolute Gasteiger partial charge is 0.298 e. The monoisotopic (exact) mass is 204 g/mol. The van der Waals surface area contributed by atoms with Crippen molar-refractivity contribution in [2.75, 3.05) is 27.4 Å². The van der Waals surface area contributed by atoms with Gasteiger partial charge in [0.15, 0.2) is 6.17 Å². The Bertz CT molecular complexity index is 234. The average Bonchev–Trinajstić information content (AvgIpc) is 2.17. The minimum absolute atomic E-state index is 0.287. The van der Waals surface area contributed by atoms with E-state index in [4.69, 9.17) is 9.68 Å². The fourth-order valence-electron chi connectivity index (χ4n) is 1.05. The van der Waals surface area contributed by atoms with E-state index in [0.717, 1.165) is 0 Å². The minimum atomic E-state index is -0.596. The summed E-state index contributed by atoms with van der Waals surface area (Å²) in [6.07, 6.45) is 0.811. The number of hydrogen-bond acceptors (Lipinski definition) is 7. The average molecular weight is 204 g/mol. The van der Waals surface area contributed by atoms with Crippen LogP contribution in [0, 0.1) is 10.1 Å². The lowest BCUT2D eigenvalue weighted by atomic mass is 10.5. The van der Waals surface area contributed by atoms with Crippen LogP contribution < -0.4 is 0 Å². The Kier molecular flexibility index (Phi) is 3.74. The number of nitro groups is 1. The van der Waals surface area contributed by atoms with Crippen LogP contribution in [0.1, 0.15) is 0 Å². The van der Waals surface area contributed by atoms with Crippen molar-refractivity contribution in [3.8, 4) is 0 Å². The van der Waals surface area contributed by atoms with Gasteiger partial charge < -0.3 is 0 Å². The van der Waals surface area contributed by atoms with E-state index in [9.17, 15) is 10.1 Å². The summed E-state index contributed by atoms with van der Waals surface area (Å²) in [6.45, 7) is -0.00307. The standard InChI is InChI=1S/C6H12N4O4/c1-13-8-4-7-6(3-10(11)12)9(5-8)14-2/h4,6H,3,5H2,1-2H3. The molecule has 1 rings (SSSR count). The van der Waals surface area contributed by atoms with Gasteiger partial charge in [0, 0.05) is 4.92 Å². The summed E-state index contributed by atoms with van der Waals surface area (Å²) in [5.74, 6) is 0. The summed E-state index contributed by atoms with van der Waals surface area (Å²) in [5, 5.41) is 13.1. The summed E-state index contributed by atoms with van der Waals surface area (Å²) in [5.41, 5.74) is 0. The third kappa shape index (κ3) is 2.62. The lowest BCUT2D eigenvalue weighted by Gasteiger charge is -2.31. The van der Waals surface area contributed by atoms with E-state index in [1.165, 1.54) is 30.7 Å². The fourth-order valence-corrected chi connectivity index (χ4v) is 1.05. The molecule has 1 heterocycles. The fraction of sp³-hybridized carbons (Fsp3) is 0.833. The molecule has 0 aromatic carbocycles. The van der Waals surface area contributed by atoms with Gasteiger partial charge >= 0.3 is 0 Å². The third-order valence-electron chi connectivity index (χ3n) is 1.76. The molecule has 0 aromatic rings. The highest BCUT2D eigenvalue weighted by Crippen LogP contribution is 2.08. The summed E-state index contributed by atoms with van der Waals surface area (Å²) < 4.78 is 0. The first-order valence-corrected chi connectivity index (χ1v) is 3.94. The van der Waals surface area contributed by atoms with Gasteiger partial charge in [0.2, 0.25) is 6.54 Å². The minimum Gasteiger partial charge on any atom is -0.298 e. The maximum atomic E-state index is 10.3.